The van der Waals surface area contributed by atoms with Gasteiger partial charge in [0.1, 0.15) is 49.0 Å². The molecule has 0 spiro atoms. The van der Waals surface area contributed by atoms with Crippen LogP contribution in [0.2, 0.25) is 0 Å². The summed E-state index contributed by atoms with van der Waals surface area (Å²) in [5.41, 5.74) is 2.02. The Hall–Kier alpha value is -3.26. The van der Waals surface area contributed by atoms with Crippen LogP contribution in [0.5, 0.6) is 5.75 Å². The number of amides is 1. The van der Waals surface area contributed by atoms with E-state index >= 15 is 0 Å². The number of fused-ring (bicyclic) bond motifs is 5. The number of hydrogen-bond acceptors (Lipinski definition) is 15. The molecule has 2 aliphatic heterocycles. The topological polar surface area (TPSA) is 257 Å². The number of nitrogens with one attached hydrogen (secondary N) is 1. The molecule has 0 bridgehead atoms. The smallest absolute Gasteiger partial charge is 0.335 e. The van der Waals surface area contributed by atoms with Crippen LogP contribution in [0.4, 0.5) is 0 Å². The number of benzene rings is 1. The molecule has 3 aliphatic carbocycles. The minimum Gasteiger partial charge on any atom is -0.479 e. The molecule has 2 heterocycles. The molecule has 16 atom stereocenters. The first-order chi connectivity index (χ1) is 26.0. The summed E-state index contributed by atoms with van der Waals surface area (Å²) >= 11 is 0. The van der Waals surface area contributed by atoms with E-state index in [0.29, 0.717) is 24.0 Å². The van der Waals surface area contributed by atoms with Crippen molar-refractivity contribution < 1.29 is 78.2 Å². The monoisotopic (exact) mass is 779 g/mol. The molecule has 1 aromatic carbocycles. The maximum atomic E-state index is 12.8. The zero-order chi connectivity index (χ0) is 39.9. The number of carboxylic acid groups (broad SMARTS) is 1. The molecule has 7 N–H and O–H groups in total. The minimum atomic E-state index is -1.81. The Kier molecular flexibility index (Phi) is 12.6. The maximum Gasteiger partial charge on any atom is 0.335 e. The lowest BCUT2D eigenvalue weighted by Crippen LogP contribution is -2.67. The summed E-state index contributed by atoms with van der Waals surface area (Å²) in [5, 5.41) is 65.8. The predicted octanol–water partition coefficient (Wildman–Crippen LogP) is -0.312. The van der Waals surface area contributed by atoms with Crippen LogP contribution >= 0.6 is 0 Å². The van der Waals surface area contributed by atoms with E-state index < -0.39 is 104 Å². The molecule has 0 radical (unpaired) electrons. The number of aliphatic hydroxyl groups excluding tert-OH is 5. The third-order valence-corrected chi connectivity index (χ3v) is 12.5. The molecule has 306 valence electrons. The van der Waals surface area contributed by atoms with E-state index in [1.165, 1.54) is 12.5 Å². The lowest BCUT2D eigenvalue weighted by Gasteiger charge is -2.49. The van der Waals surface area contributed by atoms with Gasteiger partial charge < -0.3 is 64.4 Å². The van der Waals surface area contributed by atoms with Crippen molar-refractivity contribution in [2.45, 2.75) is 145 Å². The van der Waals surface area contributed by atoms with E-state index in [1.807, 2.05) is 12.1 Å². The zero-order valence-corrected chi connectivity index (χ0v) is 31.3. The molecule has 1 aromatic rings. The van der Waals surface area contributed by atoms with Crippen molar-refractivity contribution in [3.8, 4) is 5.75 Å². The van der Waals surface area contributed by atoms with Crippen LogP contribution in [0.3, 0.4) is 0 Å². The second-order valence-electron chi connectivity index (χ2n) is 15.9. The Bertz CT molecular complexity index is 1590. The molecule has 2 saturated heterocycles. The fourth-order valence-electron chi connectivity index (χ4n) is 9.68. The molecule has 55 heavy (non-hydrogen) atoms. The van der Waals surface area contributed by atoms with Crippen molar-refractivity contribution in [1.29, 1.82) is 0 Å². The summed E-state index contributed by atoms with van der Waals surface area (Å²) in [6.07, 6.45) is -11.6. The summed E-state index contributed by atoms with van der Waals surface area (Å²) < 4.78 is 33.0. The first-order valence-corrected chi connectivity index (χ1v) is 18.9. The van der Waals surface area contributed by atoms with Crippen LogP contribution in [-0.2, 0) is 49.3 Å². The third-order valence-electron chi connectivity index (χ3n) is 12.5. The normalized spacial score (nSPS) is 40.9. The molecule has 2 saturated carbocycles. The Labute approximate surface area is 318 Å². The van der Waals surface area contributed by atoms with Crippen LogP contribution in [0, 0.1) is 17.3 Å². The molecule has 17 heteroatoms. The van der Waals surface area contributed by atoms with Crippen molar-refractivity contribution in [2.75, 3.05) is 13.7 Å². The molecule has 4 fully saturated rings. The van der Waals surface area contributed by atoms with Crippen LogP contribution in [0.25, 0.3) is 0 Å². The van der Waals surface area contributed by atoms with Gasteiger partial charge >= 0.3 is 17.9 Å². The number of methoxy groups -OCH3 is 1. The van der Waals surface area contributed by atoms with Crippen LogP contribution in [0.15, 0.2) is 18.2 Å². The highest BCUT2D eigenvalue weighted by Gasteiger charge is 2.58. The van der Waals surface area contributed by atoms with E-state index in [-0.39, 0.29) is 24.2 Å². The van der Waals surface area contributed by atoms with Crippen molar-refractivity contribution in [3.05, 3.63) is 29.3 Å². The Morgan fingerprint density at radius 1 is 0.964 bits per heavy atom. The Balaban J connectivity index is 1.01. The van der Waals surface area contributed by atoms with E-state index in [9.17, 15) is 49.8 Å². The molecule has 5 aliphatic rings. The first-order valence-electron chi connectivity index (χ1n) is 18.9. The predicted molar refractivity (Wildman–Crippen MR) is 186 cm³/mol. The minimum absolute atomic E-state index is 0.242. The van der Waals surface area contributed by atoms with Gasteiger partial charge in [0.2, 0.25) is 5.91 Å². The number of carbonyl (C=O) groups is 4. The van der Waals surface area contributed by atoms with E-state index in [4.69, 9.17) is 28.4 Å². The van der Waals surface area contributed by atoms with Gasteiger partial charge in [-0.3, -0.25) is 14.4 Å². The number of aliphatic carboxylic acids is 1. The molecular formula is C38H53NO16. The highest BCUT2D eigenvalue weighted by molar-refractivity contribution is 5.79. The number of carboxylic acids is 1. The Morgan fingerprint density at radius 2 is 1.69 bits per heavy atom. The van der Waals surface area contributed by atoms with Gasteiger partial charge in [0.15, 0.2) is 12.4 Å². The van der Waals surface area contributed by atoms with E-state index in [2.05, 4.69) is 12.2 Å². The lowest BCUT2D eigenvalue weighted by molar-refractivity contribution is -0.327. The fraction of sp³-hybridized carbons (Fsp3) is 0.737. The largest absolute Gasteiger partial charge is 0.479 e. The van der Waals surface area contributed by atoms with Crippen molar-refractivity contribution in [2.24, 2.45) is 17.3 Å². The third kappa shape index (κ3) is 8.27. The lowest BCUT2D eigenvalue weighted by atomic mass is 9.55. The van der Waals surface area contributed by atoms with Crippen LogP contribution in [0.1, 0.15) is 76.3 Å². The van der Waals surface area contributed by atoms with Crippen molar-refractivity contribution >= 4 is 23.8 Å². The van der Waals surface area contributed by atoms with Gasteiger partial charge in [-0.25, -0.2) is 4.79 Å². The molecule has 0 aromatic heterocycles. The van der Waals surface area contributed by atoms with E-state index in [0.717, 1.165) is 38.4 Å². The number of esters is 2. The van der Waals surface area contributed by atoms with Gasteiger partial charge in [-0.05, 0) is 85.5 Å². The average molecular weight is 780 g/mol. The molecule has 1 amide bonds. The second kappa shape index (κ2) is 16.7. The summed E-state index contributed by atoms with van der Waals surface area (Å²) in [7, 11) is 1.14. The molecule has 10 unspecified atom stereocenters. The Morgan fingerprint density at radius 3 is 2.38 bits per heavy atom. The van der Waals surface area contributed by atoms with Gasteiger partial charge in [-0.1, -0.05) is 13.0 Å². The fourth-order valence-corrected chi connectivity index (χ4v) is 9.68. The molecule has 6 rings (SSSR count). The van der Waals surface area contributed by atoms with Crippen LogP contribution in [-0.4, -0.2) is 142 Å². The van der Waals surface area contributed by atoms with E-state index in [1.54, 1.807) is 13.0 Å². The number of aliphatic hydroxyl groups is 5. The number of hydrogen-bond donors (Lipinski definition) is 7. The first kappa shape index (κ1) is 41.4. The number of aryl methyl sites for hydroxylation is 1. The van der Waals surface area contributed by atoms with Gasteiger partial charge in [-0.2, -0.15) is 0 Å². The summed E-state index contributed by atoms with van der Waals surface area (Å²) in [4.78, 5) is 49.3. The number of carbonyl (C=O) groups excluding carboxylic acids is 3. The highest BCUT2D eigenvalue weighted by atomic mass is 16.7. The highest BCUT2D eigenvalue weighted by Crippen LogP contribution is 2.61. The second-order valence-corrected chi connectivity index (χ2v) is 15.9. The number of rotatable bonds is 11. The summed E-state index contributed by atoms with van der Waals surface area (Å²) in [6, 6.07) is 4.56. The van der Waals surface area contributed by atoms with Crippen LogP contribution < -0.4 is 10.1 Å². The summed E-state index contributed by atoms with van der Waals surface area (Å²) in [5.74, 6) is -2.17. The molecule has 17 nitrogen and oxygen atoms in total. The average Bonchev–Trinajstić information content (AvgIpc) is 3.38. The maximum absolute atomic E-state index is 12.8. The van der Waals surface area contributed by atoms with Gasteiger partial charge in [-0.15, -0.1) is 0 Å². The van der Waals surface area contributed by atoms with Gasteiger partial charge in [0, 0.05) is 14.0 Å². The SMILES string of the molecule is COC1C(C(=O)O)OC(OC2C(O)C(COC(=O)CCC(=O)Oc3ccc4c(c3)CC[C@@H]3[C@@H]4CC[C@]4(C)[C@@H](O)[C@H](O)C[C@@H]34)OC(C)C2NC(C)=O)C(O)C1O. The van der Waals surface area contributed by atoms with Gasteiger partial charge in [0.05, 0.1) is 37.2 Å². The zero-order valence-electron chi connectivity index (χ0n) is 31.3. The van der Waals surface area contributed by atoms with Crippen molar-refractivity contribution in [1.82, 2.24) is 5.32 Å². The quantitative estimate of drug-likeness (QED) is 0.112. The molecular weight excluding hydrogens is 726 g/mol. The van der Waals surface area contributed by atoms with Gasteiger partial charge in [0.25, 0.3) is 0 Å². The standard InChI is InChI=1S/C38H53NO16/c1-16-28(39-17(2)40)32(54-37-31(46)30(45)33(50-4)34(55-37)36(48)49)29(44)25(52-16)15-51-26(42)9-10-27(43)53-19-6-8-20-18(13-19)5-7-22-21(20)11-12-38(3)23(22)14-24(41)35(38)47/h6,8,13,16,21-25,28-35,37,41,44-47H,5,7,9-12,14-15H2,1-4H3,(H,39,40)(H,48,49)/t16?,21-,22-,23+,24-,25?,28?,29?,30?,31?,32?,33?,34?,35+,37?,38+/m1/s1. The number of ether oxygens (including phenoxy) is 6. The van der Waals surface area contributed by atoms with Crippen molar-refractivity contribution in [3.63, 3.8) is 0 Å². The summed E-state index contributed by atoms with van der Waals surface area (Å²) in [6.45, 7) is 4.38.